The van der Waals surface area contributed by atoms with Gasteiger partial charge in [0.2, 0.25) is 0 Å². The number of ether oxygens (including phenoxy) is 1. The molecule has 0 amide bonds. The van der Waals surface area contributed by atoms with Crippen molar-refractivity contribution < 1.29 is 9.53 Å². The number of rotatable bonds is 7. The van der Waals surface area contributed by atoms with Gasteiger partial charge < -0.3 is 4.74 Å². The van der Waals surface area contributed by atoms with Crippen LogP contribution in [0.3, 0.4) is 0 Å². The van der Waals surface area contributed by atoms with Gasteiger partial charge in [-0.15, -0.1) is 16.9 Å². The van der Waals surface area contributed by atoms with Crippen LogP contribution in [0.2, 0.25) is 0 Å². The molecule has 0 saturated heterocycles. The summed E-state index contributed by atoms with van der Waals surface area (Å²) in [5.74, 6) is 0.546. The molecule has 1 aromatic heterocycles. The van der Waals surface area contributed by atoms with Crippen LogP contribution in [0.5, 0.6) is 0 Å². The van der Waals surface area contributed by atoms with Gasteiger partial charge in [-0.05, 0) is 41.1 Å². The molecule has 0 fully saturated rings. The third-order valence-corrected chi connectivity index (χ3v) is 4.09. The summed E-state index contributed by atoms with van der Waals surface area (Å²) in [7, 11) is 0. The summed E-state index contributed by atoms with van der Waals surface area (Å²) in [4.78, 5) is 12.7. The van der Waals surface area contributed by atoms with Crippen molar-refractivity contribution in [3.63, 3.8) is 0 Å². The van der Waals surface area contributed by atoms with Crippen LogP contribution in [0.25, 0.3) is 0 Å². The van der Waals surface area contributed by atoms with Gasteiger partial charge in [0.25, 0.3) is 0 Å². The van der Waals surface area contributed by atoms with Crippen LogP contribution in [0.4, 0.5) is 0 Å². The normalized spacial score (nSPS) is 10.6. The third kappa shape index (κ3) is 5.13. The molecule has 2 rings (SSSR count). The summed E-state index contributed by atoms with van der Waals surface area (Å²) in [5.41, 5.74) is 0. The lowest BCUT2D eigenvalue weighted by molar-refractivity contribution is -0.142. The van der Waals surface area contributed by atoms with Crippen molar-refractivity contribution in [3.05, 3.63) is 34.6 Å². The Morgan fingerprint density at radius 2 is 2.14 bits per heavy atom. The van der Waals surface area contributed by atoms with E-state index < -0.39 is 0 Å². The Morgan fingerprint density at radius 1 is 1.38 bits per heavy atom. The molecule has 112 valence electrons. The standard InChI is InChI=1S/C13H15BrN4O2S/c1-2-7-18-12(15-16-17-18)8-20-13(19)9-21-11-5-3-10(14)4-6-11/h3-6H,2,7-9H2,1H3. The van der Waals surface area contributed by atoms with E-state index in [4.69, 9.17) is 4.74 Å². The molecule has 0 aliphatic carbocycles. The number of carbonyl (C=O) groups excluding carboxylic acids is 1. The second kappa shape index (κ2) is 8.14. The molecule has 0 spiro atoms. The summed E-state index contributed by atoms with van der Waals surface area (Å²) >= 11 is 4.80. The van der Waals surface area contributed by atoms with Gasteiger partial charge in [0.05, 0.1) is 5.75 Å². The van der Waals surface area contributed by atoms with Gasteiger partial charge in [-0.1, -0.05) is 22.9 Å². The number of benzene rings is 1. The maximum Gasteiger partial charge on any atom is 0.316 e. The molecule has 0 N–H and O–H groups in total. The Balaban J connectivity index is 1.77. The fourth-order valence-electron chi connectivity index (χ4n) is 1.57. The smallest absolute Gasteiger partial charge is 0.316 e. The summed E-state index contributed by atoms with van der Waals surface area (Å²) < 4.78 is 7.85. The first kappa shape index (κ1) is 16.0. The molecule has 0 aliphatic rings. The zero-order valence-corrected chi connectivity index (χ0v) is 13.9. The Bertz CT molecular complexity index is 588. The average Bonchev–Trinajstić information content (AvgIpc) is 2.92. The predicted octanol–water partition coefficient (Wildman–Crippen LogP) is 2.68. The van der Waals surface area contributed by atoms with Crippen LogP contribution < -0.4 is 0 Å². The van der Waals surface area contributed by atoms with Crippen LogP contribution in [-0.2, 0) is 22.7 Å². The lowest BCUT2D eigenvalue weighted by Gasteiger charge is -2.05. The molecule has 0 saturated carbocycles. The number of hydrogen-bond donors (Lipinski definition) is 0. The van der Waals surface area contributed by atoms with Crippen molar-refractivity contribution in [3.8, 4) is 0 Å². The van der Waals surface area contributed by atoms with Crippen molar-refractivity contribution in [2.45, 2.75) is 31.4 Å². The second-order valence-corrected chi connectivity index (χ2v) is 6.19. The summed E-state index contributed by atoms with van der Waals surface area (Å²) in [6.45, 7) is 2.85. The van der Waals surface area contributed by atoms with Gasteiger partial charge >= 0.3 is 5.97 Å². The van der Waals surface area contributed by atoms with E-state index in [2.05, 4.69) is 31.5 Å². The second-order valence-electron chi connectivity index (χ2n) is 4.22. The van der Waals surface area contributed by atoms with Gasteiger partial charge in [0.1, 0.15) is 0 Å². The highest BCUT2D eigenvalue weighted by Crippen LogP contribution is 2.20. The highest BCUT2D eigenvalue weighted by atomic mass is 79.9. The van der Waals surface area contributed by atoms with Crippen LogP contribution in [0.15, 0.2) is 33.6 Å². The van der Waals surface area contributed by atoms with Gasteiger partial charge in [-0.2, -0.15) is 0 Å². The highest BCUT2D eigenvalue weighted by molar-refractivity contribution is 9.10. The van der Waals surface area contributed by atoms with Crippen LogP contribution in [0.1, 0.15) is 19.2 Å². The molecule has 8 heteroatoms. The molecule has 6 nitrogen and oxygen atoms in total. The van der Waals surface area contributed by atoms with Crippen molar-refractivity contribution >= 4 is 33.7 Å². The zero-order chi connectivity index (χ0) is 15.1. The van der Waals surface area contributed by atoms with Crippen molar-refractivity contribution in [2.75, 3.05) is 5.75 Å². The fraction of sp³-hybridized carbons (Fsp3) is 0.385. The van der Waals surface area contributed by atoms with Crippen LogP contribution in [-0.4, -0.2) is 31.9 Å². The van der Waals surface area contributed by atoms with E-state index in [0.717, 1.165) is 15.8 Å². The molecule has 0 atom stereocenters. The Morgan fingerprint density at radius 3 is 2.86 bits per heavy atom. The molecule has 2 aromatic rings. The minimum Gasteiger partial charge on any atom is -0.457 e. The van der Waals surface area contributed by atoms with Crippen molar-refractivity contribution in [1.29, 1.82) is 0 Å². The molecular weight excluding hydrogens is 356 g/mol. The molecular formula is C13H15BrN4O2S. The minimum atomic E-state index is -0.283. The van der Waals surface area contributed by atoms with Gasteiger partial charge in [-0.3, -0.25) is 4.79 Å². The zero-order valence-electron chi connectivity index (χ0n) is 11.5. The first-order valence-electron chi connectivity index (χ1n) is 6.48. The summed E-state index contributed by atoms with van der Waals surface area (Å²) in [5, 5.41) is 11.3. The number of nitrogens with zero attached hydrogens (tertiary/aromatic N) is 4. The number of tetrazole rings is 1. The molecule has 0 aliphatic heterocycles. The van der Waals surface area contributed by atoms with Gasteiger partial charge in [0, 0.05) is 15.9 Å². The van der Waals surface area contributed by atoms with Gasteiger partial charge in [0.15, 0.2) is 12.4 Å². The van der Waals surface area contributed by atoms with Crippen LogP contribution >= 0.6 is 27.7 Å². The van der Waals surface area contributed by atoms with E-state index in [1.165, 1.54) is 11.8 Å². The summed E-state index contributed by atoms with van der Waals surface area (Å²) in [6, 6.07) is 7.77. The van der Waals surface area contributed by atoms with E-state index in [1.807, 2.05) is 31.2 Å². The number of halogens is 1. The number of carbonyl (C=O) groups is 1. The molecule has 0 bridgehead atoms. The minimum absolute atomic E-state index is 0.104. The number of hydrogen-bond acceptors (Lipinski definition) is 6. The quantitative estimate of drug-likeness (QED) is 0.551. The van der Waals surface area contributed by atoms with E-state index >= 15 is 0 Å². The highest BCUT2D eigenvalue weighted by Gasteiger charge is 2.09. The Kier molecular flexibility index (Phi) is 6.19. The lowest BCUT2D eigenvalue weighted by atomic mass is 10.4. The number of aromatic nitrogens is 4. The third-order valence-electron chi connectivity index (χ3n) is 2.57. The summed E-state index contributed by atoms with van der Waals surface area (Å²) in [6.07, 6.45) is 0.922. The molecule has 1 aromatic carbocycles. The average molecular weight is 371 g/mol. The molecule has 1 heterocycles. The SMILES string of the molecule is CCCn1nnnc1COC(=O)CSc1ccc(Br)cc1. The maximum atomic E-state index is 11.7. The number of aryl methyl sites for hydroxylation is 1. The maximum absolute atomic E-state index is 11.7. The van der Waals surface area contributed by atoms with E-state index in [0.29, 0.717) is 12.4 Å². The van der Waals surface area contributed by atoms with Crippen molar-refractivity contribution in [1.82, 2.24) is 20.2 Å². The topological polar surface area (TPSA) is 69.9 Å². The lowest BCUT2D eigenvalue weighted by Crippen LogP contribution is -2.12. The van der Waals surface area contributed by atoms with Crippen molar-refractivity contribution in [2.24, 2.45) is 0 Å². The number of esters is 1. The predicted molar refractivity (Wildman–Crippen MR) is 82.8 cm³/mol. The first-order chi connectivity index (χ1) is 10.2. The number of thioether (sulfide) groups is 1. The van der Waals surface area contributed by atoms with Gasteiger partial charge in [-0.25, -0.2) is 4.68 Å². The molecule has 0 radical (unpaired) electrons. The fourth-order valence-corrected chi connectivity index (χ4v) is 2.53. The molecule has 21 heavy (non-hydrogen) atoms. The van der Waals surface area contributed by atoms with Crippen LogP contribution in [0, 0.1) is 0 Å². The van der Waals surface area contributed by atoms with E-state index in [1.54, 1.807) is 4.68 Å². The van der Waals surface area contributed by atoms with E-state index in [9.17, 15) is 4.79 Å². The monoisotopic (exact) mass is 370 g/mol. The van der Waals surface area contributed by atoms with E-state index in [-0.39, 0.29) is 18.3 Å². The first-order valence-corrected chi connectivity index (χ1v) is 8.26. The molecule has 0 unspecified atom stereocenters. The Labute approximate surface area is 135 Å². The largest absolute Gasteiger partial charge is 0.457 e. The Hall–Kier alpha value is -1.41.